The van der Waals surface area contributed by atoms with E-state index in [-0.39, 0.29) is 33.7 Å². The van der Waals surface area contributed by atoms with Crippen LogP contribution in [0.5, 0.6) is 0 Å². The predicted octanol–water partition coefficient (Wildman–Crippen LogP) is 5.98. The molecule has 0 unspecified atom stereocenters. The fourth-order valence-electron chi connectivity index (χ4n) is 4.09. The van der Waals surface area contributed by atoms with E-state index in [1.54, 1.807) is 62.4 Å². The van der Waals surface area contributed by atoms with Gasteiger partial charge in [0.2, 0.25) is 0 Å². The zero-order valence-electron chi connectivity index (χ0n) is 21.6. The molecule has 11 nitrogen and oxygen atoms in total. The van der Waals surface area contributed by atoms with E-state index in [9.17, 15) is 19.7 Å². The van der Waals surface area contributed by atoms with Gasteiger partial charge in [-0.3, -0.25) is 34.9 Å². The highest BCUT2D eigenvalue weighted by Crippen LogP contribution is 2.31. The molecular formula is C28H21Cl2N7O4. The number of nitrogens with zero attached hydrogens (tertiary/aromatic N) is 5. The molecule has 0 bridgehead atoms. The first-order valence-electron chi connectivity index (χ1n) is 12.1. The molecule has 2 N–H and O–H groups in total. The highest BCUT2D eigenvalue weighted by atomic mass is 35.5. The third-order valence-corrected chi connectivity index (χ3v) is 6.74. The van der Waals surface area contributed by atoms with Crippen molar-refractivity contribution in [3.05, 3.63) is 130 Å². The molecule has 0 aliphatic heterocycles. The smallest absolute Gasteiger partial charge is 0.295 e. The summed E-state index contributed by atoms with van der Waals surface area (Å²) < 4.78 is 2.69. The Morgan fingerprint density at radius 3 is 1.68 bits per heavy atom. The number of benzene rings is 3. The van der Waals surface area contributed by atoms with Crippen molar-refractivity contribution in [3.8, 4) is 11.4 Å². The van der Waals surface area contributed by atoms with E-state index in [0.29, 0.717) is 38.4 Å². The topological polar surface area (TPSA) is 143 Å². The molecule has 5 rings (SSSR count). The minimum Gasteiger partial charge on any atom is -0.295 e. The summed E-state index contributed by atoms with van der Waals surface area (Å²) in [6, 6.07) is 17.6. The average Bonchev–Trinajstić information content (AvgIpc) is 3.40. The van der Waals surface area contributed by atoms with Crippen molar-refractivity contribution in [1.29, 1.82) is 0 Å². The predicted molar refractivity (Wildman–Crippen MR) is 160 cm³/mol. The largest absolute Gasteiger partial charge is 0.296 e. The van der Waals surface area contributed by atoms with Gasteiger partial charge in [0, 0.05) is 39.9 Å². The molecule has 0 amide bonds. The molecule has 0 atom stereocenters. The van der Waals surface area contributed by atoms with E-state index < -0.39 is 4.92 Å². The molecule has 5 aromatic rings. The molecular weight excluding hydrogens is 569 g/mol. The summed E-state index contributed by atoms with van der Waals surface area (Å²) in [5.41, 5.74) is 2.07. The van der Waals surface area contributed by atoms with Crippen LogP contribution in [-0.2, 0) is 0 Å². The van der Waals surface area contributed by atoms with Crippen LogP contribution in [0.25, 0.3) is 11.4 Å². The first-order chi connectivity index (χ1) is 19.6. The van der Waals surface area contributed by atoms with Gasteiger partial charge < -0.3 is 0 Å². The lowest BCUT2D eigenvalue weighted by Gasteiger charge is -2.00. The Hall–Kier alpha value is -5.00. The summed E-state index contributed by atoms with van der Waals surface area (Å²) in [7, 11) is 0. The quantitative estimate of drug-likeness (QED) is 0.137. The highest BCUT2D eigenvalue weighted by molar-refractivity contribution is 6.30. The van der Waals surface area contributed by atoms with Crippen LogP contribution in [0.3, 0.4) is 0 Å². The molecule has 0 spiro atoms. The molecule has 41 heavy (non-hydrogen) atoms. The maximum absolute atomic E-state index is 13.0. The minimum absolute atomic E-state index is 0.0370. The number of halogens is 2. The molecule has 0 fully saturated rings. The van der Waals surface area contributed by atoms with Gasteiger partial charge in [-0.2, -0.15) is 0 Å². The Bertz CT molecular complexity index is 1950. The molecule has 0 aliphatic rings. The van der Waals surface area contributed by atoms with Crippen molar-refractivity contribution in [1.82, 2.24) is 19.6 Å². The summed E-state index contributed by atoms with van der Waals surface area (Å²) in [4.78, 5) is 45.7. The van der Waals surface area contributed by atoms with Gasteiger partial charge >= 0.3 is 0 Å². The fraction of sp³-hybridized carbons (Fsp3) is 0.0714. The van der Waals surface area contributed by atoms with Gasteiger partial charge in [0.1, 0.15) is 5.69 Å². The fourth-order valence-corrected chi connectivity index (χ4v) is 4.34. The SMILES string of the molecule is Cc1[nH]n(-c2ccc(Cl)cc2)c(=O)c1C=Nc1ccc(N=Cc2c(C)[nH]n(-c3ccc(Cl)cc3)c2=O)c([N+](=O)[O-])c1. The zero-order chi connectivity index (χ0) is 29.3. The van der Waals surface area contributed by atoms with E-state index in [0.717, 1.165) is 0 Å². The number of nitro benzene ring substituents is 1. The zero-order valence-corrected chi connectivity index (χ0v) is 23.1. The van der Waals surface area contributed by atoms with E-state index in [2.05, 4.69) is 20.2 Å². The number of H-pyrrole nitrogens is 2. The van der Waals surface area contributed by atoms with Crippen molar-refractivity contribution in [3.63, 3.8) is 0 Å². The number of aliphatic imine (C=N–C) groups is 2. The lowest BCUT2D eigenvalue weighted by molar-refractivity contribution is -0.384. The summed E-state index contributed by atoms with van der Waals surface area (Å²) in [6.07, 6.45) is 2.64. The molecule has 0 saturated carbocycles. The third kappa shape index (κ3) is 5.67. The molecule has 2 aromatic heterocycles. The Morgan fingerprint density at radius 1 is 0.756 bits per heavy atom. The Labute approximate surface area is 242 Å². The number of nitrogens with one attached hydrogen (secondary N) is 2. The lowest BCUT2D eigenvalue weighted by atomic mass is 10.2. The molecule has 3 aromatic carbocycles. The molecule has 0 aliphatic carbocycles. The molecule has 0 radical (unpaired) electrons. The van der Waals surface area contributed by atoms with Crippen LogP contribution in [-0.4, -0.2) is 36.9 Å². The maximum atomic E-state index is 13.0. The third-order valence-electron chi connectivity index (χ3n) is 6.23. The number of nitro groups is 1. The van der Waals surface area contributed by atoms with Gasteiger partial charge in [0.05, 0.1) is 33.1 Å². The van der Waals surface area contributed by atoms with Crippen LogP contribution in [0.2, 0.25) is 10.0 Å². The average molecular weight is 590 g/mol. The van der Waals surface area contributed by atoms with Crippen LogP contribution in [0, 0.1) is 24.0 Å². The Balaban J connectivity index is 1.43. The second kappa shape index (κ2) is 11.2. The molecule has 0 saturated heterocycles. The van der Waals surface area contributed by atoms with Crippen molar-refractivity contribution in [2.75, 3.05) is 0 Å². The first-order valence-corrected chi connectivity index (χ1v) is 12.9. The van der Waals surface area contributed by atoms with E-state index >= 15 is 0 Å². The van der Waals surface area contributed by atoms with E-state index in [1.165, 1.54) is 40.0 Å². The number of aromatic nitrogens is 4. The van der Waals surface area contributed by atoms with Gasteiger partial charge in [-0.1, -0.05) is 23.2 Å². The number of hydrogen-bond acceptors (Lipinski definition) is 6. The number of aromatic amines is 2. The van der Waals surface area contributed by atoms with Gasteiger partial charge in [-0.25, -0.2) is 14.4 Å². The van der Waals surface area contributed by atoms with Crippen molar-refractivity contribution in [2.45, 2.75) is 13.8 Å². The van der Waals surface area contributed by atoms with Crippen molar-refractivity contribution in [2.24, 2.45) is 9.98 Å². The van der Waals surface area contributed by atoms with Crippen LogP contribution in [0.15, 0.2) is 86.3 Å². The van der Waals surface area contributed by atoms with Crippen molar-refractivity contribution >= 4 is 52.7 Å². The highest BCUT2D eigenvalue weighted by Gasteiger charge is 2.16. The van der Waals surface area contributed by atoms with Gasteiger partial charge in [-0.15, -0.1) is 0 Å². The Morgan fingerprint density at radius 2 is 1.22 bits per heavy atom. The monoisotopic (exact) mass is 589 g/mol. The van der Waals surface area contributed by atoms with Crippen LogP contribution in [0.4, 0.5) is 17.1 Å². The van der Waals surface area contributed by atoms with E-state index in [4.69, 9.17) is 23.2 Å². The minimum atomic E-state index is -0.587. The molecule has 206 valence electrons. The second-order valence-corrected chi connectivity index (χ2v) is 9.85. The first kappa shape index (κ1) is 27.6. The number of hydrogen-bond donors (Lipinski definition) is 2. The number of aryl methyl sites for hydroxylation is 2. The standard InChI is InChI=1S/C28H21Cl2N7O4/c1-16-23(27(38)35(33-16)21-8-3-18(29)4-9-21)14-31-20-7-12-25(26(13-20)37(40)41)32-15-24-17(2)34-36(28(24)39)22-10-5-19(30)6-11-22/h3-15,33-34H,1-2H3. The summed E-state index contributed by atoms with van der Waals surface area (Å²) in [5, 5.41) is 18.9. The summed E-state index contributed by atoms with van der Waals surface area (Å²) in [5.74, 6) is 0. The van der Waals surface area contributed by atoms with Gasteiger partial charge in [0.15, 0.2) is 0 Å². The summed E-state index contributed by atoms with van der Waals surface area (Å²) >= 11 is 11.9. The Kier molecular flexibility index (Phi) is 7.56. The van der Waals surface area contributed by atoms with Crippen LogP contribution < -0.4 is 11.1 Å². The second-order valence-electron chi connectivity index (χ2n) is 8.98. The normalized spacial score (nSPS) is 11.6. The lowest BCUT2D eigenvalue weighted by Crippen LogP contribution is -2.17. The van der Waals surface area contributed by atoms with Crippen molar-refractivity contribution < 1.29 is 4.92 Å². The van der Waals surface area contributed by atoms with Crippen LogP contribution in [0.1, 0.15) is 22.5 Å². The number of rotatable bonds is 7. The van der Waals surface area contributed by atoms with Gasteiger partial charge in [0.25, 0.3) is 16.8 Å². The van der Waals surface area contributed by atoms with Gasteiger partial charge in [-0.05, 0) is 74.5 Å². The van der Waals surface area contributed by atoms with E-state index in [1.807, 2.05) is 0 Å². The molecule has 2 heterocycles. The molecule has 13 heteroatoms. The maximum Gasteiger partial charge on any atom is 0.296 e. The van der Waals surface area contributed by atoms with Crippen LogP contribution >= 0.6 is 23.2 Å². The summed E-state index contributed by atoms with van der Waals surface area (Å²) in [6.45, 7) is 3.42.